The van der Waals surface area contributed by atoms with E-state index in [2.05, 4.69) is 25.7 Å². The fourth-order valence-electron chi connectivity index (χ4n) is 5.59. The molecule has 0 spiro atoms. The molecule has 168 valence electrons. The van der Waals surface area contributed by atoms with Crippen molar-refractivity contribution in [3.8, 4) is 0 Å². The van der Waals surface area contributed by atoms with Crippen LogP contribution in [0.3, 0.4) is 0 Å². The van der Waals surface area contributed by atoms with Gasteiger partial charge in [0.15, 0.2) is 11.8 Å². The number of guanidine groups is 1. The lowest BCUT2D eigenvalue weighted by molar-refractivity contribution is 0.0368. The van der Waals surface area contributed by atoms with Gasteiger partial charge in [-0.05, 0) is 58.5 Å². The van der Waals surface area contributed by atoms with E-state index in [4.69, 9.17) is 4.99 Å². The number of hydrogen-bond donors (Lipinski definition) is 2. The highest BCUT2D eigenvalue weighted by molar-refractivity contribution is 5.80. The van der Waals surface area contributed by atoms with Gasteiger partial charge >= 0.3 is 0 Å². The number of aliphatic imine (C=N–C) groups is 1. The Bertz CT molecular complexity index is 692. The lowest BCUT2D eigenvalue weighted by Crippen LogP contribution is -2.59. The van der Waals surface area contributed by atoms with Crippen molar-refractivity contribution in [2.75, 3.05) is 19.6 Å². The second-order valence-corrected chi connectivity index (χ2v) is 9.70. The molecule has 2 heterocycles. The molecule has 7 heteroatoms. The van der Waals surface area contributed by atoms with E-state index in [9.17, 15) is 0 Å². The third kappa shape index (κ3) is 5.16. The molecule has 1 aromatic rings. The Balaban J connectivity index is 1.46. The lowest BCUT2D eigenvalue weighted by Gasteiger charge is -2.48. The van der Waals surface area contributed by atoms with E-state index < -0.39 is 0 Å². The summed E-state index contributed by atoms with van der Waals surface area (Å²) in [6.07, 6.45) is 16.0. The number of nitrogens with one attached hydrogen (secondary N) is 2. The van der Waals surface area contributed by atoms with E-state index in [1.807, 2.05) is 18.5 Å². The highest BCUT2D eigenvalue weighted by atomic mass is 15.3. The quantitative estimate of drug-likeness (QED) is 0.551. The molecule has 0 radical (unpaired) electrons. The van der Waals surface area contributed by atoms with Crippen LogP contribution in [0.25, 0.3) is 0 Å². The Morgan fingerprint density at radius 3 is 2.37 bits per heavy atom. The predicted octanol–water partition coefficient (Wildman–Crippen LogP) is 3.29. The van der Waals surface area contributed by atoms with Crippen molar-refractivity contribution in [3.05, 3.63) is 11.6 Å². The molecule has 1 aliphatic heterocycles. The van der Waals surface area contributed by atoms with Gasteiger partial charge in [0.1, 0.15) is 12.4 Å². The van der Waals surface area contributed by atoms with Gasteiger partial charge in [-0.3, -0.25) is 4.90 Å². The standard InChI is InChI=1S/C23H41N7/c1-19-27-28-21(29(19)2)17-24-22(26-20-11-5-6-12-20)25-18-23(13-7-3-8-14-23)30-15-9-4-10-16-30/h20H,3-18H2,1-2H3,(H2,24,25,26). The number of nitrogens with zero attached hydrogens (tertiary/aromatic N) is 5. The maximum absolute atomic E-state index is 4.94. The van der Waals surface area contributed by atoms with E-state index in [1.165, 1.54) is 90.1 Å². The molecule has 1 saturated heterocycles. The summed E-state index contributed by atoms with van der Waals surface area (Å²) in [4.78, 5) is 7.75. The Morgan fingerprint density at radius 1 is 1.00 bits per heavy atom. The first-order valence-corrected chi connectivity index (χ1v) is 12.3. The molecule has 0 aromatic carbocycles. The topological polar surface area (TPSA) is 70.4 Å². The second-order valence-electron chi connectivity index (χ2n) is 9.70. The first-order valence-electron chi connectivity index (χ1n) is 12.3. The number of hydrogen-bond acceptors (Lipinski definition) is 4. The van der Waals surface area contributed by atoms with Crippen LogP contribution in [0.4, 0.5) is 0 Å². The third-order valence-corrected chi connectivity index (χ3v) is 7.65. The average Bonchev–Trinajstić information content (AvgIpc) is 3.42. The second kappa shape index (κ2) is 10.1. The molecule has 1 aromatic heterocycles. The lowest BCUT2D eigenvalue weighted by atomic mass is 9.79. The average molecular weight is 416 g/mol. The Labute approximate surface area is 182 Å². The maximum Gasteiger partial charge on any atom is 0.191 e. The highest BCUT2D eigenvalue weighted by Crippen LogP contribution is 2.35. The van der Waals surface area contributed by atoms with Crippen molar-refractivity contribution < 1.29 is 0 Å². The molecule has 3 fully saturated rings. The van der Waals surface area contributed by atoms with Gasteiger partial charge in [-0.2, -0.15) is 0 Å². The SMILES string of the molecule is Cc1nnc(CN=C(NCC2(N3CCCCC3)CCCCC2)NC2CCCC2)n1C. The van der Waals surface area contributed by atoms with Crippen LogP contribution in [0.15, 0.2) is 4.99 Å². The third-order valence-electron chi connectivity index (χ3n) is 7.65. The summed E-state index contributed by atoms with van der Waals surface area (Å²) in [6.45, 7) is 6.09. The fourth-order valence-corrected chi connectivity index (χ4v) is 5.59. The first kappa shape index (κ1) is 21.6. The first-order chi connectivity index (χ1) is 14.7. The minimum absolute atomic E-state index is 0.304. The summed E-state index contributed by atoms with van der Waals surface area (Å²) in [5.74, 6) is 2.82. The van der Waals surface area contributed by atoms with Crippen molar-refractivity contribution in [3.63, 3.8) is 0 Å². The molecule has 0 unspecified atom stereocenters. The Hall–Kier alpha value is -1.63. The molecule has 3 aliphatic rings. The summed E-state index contributed by atoms with van der Waals surface area (Å²) >= 11 is 0. The molecule has 7 nitrogen and oxygen atoms in total. The van der Waals surface area contributed by atoms with E-state index in [-0.39, 0.29) is 0 Å². The molecular formula is C23H41N7. The van der Waals surface area contributed by atoms with Gasteiger partial charge in [-0.15, -0.1) is 10.2 Å². The van der Waals surface area contributed by atoms with E-state index in [1.54, 1.807) is 0 Å². The highest BCUT2D eigenvalue weighted by Gasteiger charge is 2.38. The number of rotatable bonds is 6. The number of aryl methyl sites for hydroxylation is 1. The van der Waals surface area contributed by atoms with Crippen molar-refractivity contribution in [2.24, 2.45) is 12.0 Å². The number of likely N-dealkylation sites (tertiary alicyclic amines) is 1. The maximum atomic E-state index is 4.94. The van der Waals surface area contributed by atoms with Crippen LogP contribution in [0.2, 0.25) is 0 Å². The summed E-state index contributed by atoms with van der Waals surface area (Å²) in [5.41, 5.74) is 0.304. The van der Waals surface area contributed by atoms with E-state index in [0.717, 1.165) is 24.2 Å². The zero-order chi connectivity index (χ0) is 20.8. The minimum atomic E-state index is 0.304. The molecule has 2 N–H and O–H groups in total. The van der Waals surface area contributed by atoms with Crippen LogP contribution >= 0.6 is 0 Å². The van der Waals surface area contributed by atoms with Gasteiger partial charge in [-0.1, -0.05) is 38.5 Å². The Kier molecular flexibility index (Phi) is 7.28. The summed E-state index contributed by atoms with van der Waals surface area (Å²) in [7, 11) is 2.02. The summed E-state index contributed by atoms with van der Waals surface area (Å²) in [5, 5.41) is 16.0. The fraction of sp³-hybridized carbons (Fsp3) is 0.870. The molecule has 4 rings (SSSR count). The zero-order valence-corrected chi connectivity index (χ0v) is 19.1. The molecule has 0 atom stereocenters. The molecule has 2 aliphatic carbocycles. The zero-order valence-electron chi connectivity index (χ0n) is 19.1. The van der Waals surface area contributed by atoms with Crippen LogP contribution in [0.5, 0.6) is 0 Å². The molecular weight excluding hydrogens is 374 g/mol. The van der Waals surface area contributed by atoms with Crippen LogP contribution in [-0.4, -0.2) is 56.8 Å². The van der Waals surface area contributed by atoms with Gasteiger partial charge in [0.05, 0.1) is 0 Å². The normalized spacial score (nSPS) is 23.6. The van der Waals surface area contributed by atoms with E-state index in [0.29, 0.717) is 18.1 Å². The van der Waals surface area contributed by atoms with Gasteiger partial charge in [0, 0.05) is 25.2 Å². The van der Waals surface area contributed by atoms with Gasteiger partial charge in [0.25, 0.3) is 0 Å². The van der Waals surface area contributed by atoms with Crippen molar-refractivity contribution >= 4 is 5.96 Å². The smallest absolute Gasteiger partial charge is 0.191 e. The van der Waals surface area contributed by atoms with Crippen LogP contribution in [0.1, 0.15) is 88.7 Å². The number of piperidine rings is 1. The molecule has 0 amide bonds. The summed E-state index contributed by atoms with van der Waals surface area (Å²) in [6, 6.07) is 0.551. The molecule has 0 bridgehead atoms. The van der Waals surface area contributed by atoms with Crippen LogP contribution < -0.4 is 10.6 Å². The number of aromatic nitrogens is 3. The summed E-state index contributed by atoms with van der Waals surface area (Å²) < 4.78 is 2.03. The molecule has 30 heavy (non-hydrogen) atoms. The molecule has 2 saturated carbocycles. The van der Waals surface area contributed by atoms with Crippen LogP contribution in [0, 0.1) is 6.92 Å². The van der Waals surface area contributed by atoms with Crippen LogP contribution in [-0.2, 0) is 13.6 Å². The van der Waals surface area contributed by atoms with Gasteiger partial charge in [0.2, 0.25) is 0 Å². The van der Waals surface area contributed by atoms with Crippen molar-refractivity contribution in [1.29, 1.82) is 0 Å². The largest absolute Gasteiger partial charge is 0.355 e. The van der Waals surface area contributed by atoms with Crippen molar-refractivity contribution in [2.45, 2.75) is 102 Å². The Morgan fingerprint density at radius 2 is 1.70 bits per heavy atom. The predicted molar refractivity (Wildman–Crippen MR) is 122 cm³/mol. The van der Waals surface area contributed by atoms with Gasteiger partial charge < -0.3 is 15.2 Å². The van der Waals surface area contributed by atoms with Gasteiger partial charge in [-0.25, -0.2) is 4.99 Å². The minimum Gasteiger partial charge on any atom is -0.355 e. The monoisotopic (exact) mass is 415 g/mol. The van der Waals surface area contributed by atoms with Crippen molar-refractivity contribution in [1.82, 2.24) is 30.3 Å². The van der Waals surface area contributed by atoms with E-state index >= 15 is 0 Å².